The number of sulfone groups is 1. The van der Waals surface area contributed by atoms with Gasteiger partial charge in [0.25, 0.3) is 5.91 Å². The van der Waals surface area contributed by atoms with E-state index in [1.807, 2.05) is 0 Å². The van der Waals surface area contributed by atoms with Gasteiger partial charge in [-0.15, -0.1) is 0 Å². The Labute approximate surface area is 146 Å². The van der Waals surface area contributed by atoms with Gasteiger partial charge in [0.05, 0.1) is 17.1 Å². The van der Waals surface area contributed by atoms with E-state index in [0.29, 0.717) is 11.4 Å². The molecule has 1 atom stereocenters. The third kappa shape index (κ3) is 4.07. The minimum Gasteiger partial charge on any atom is -0.349 e. The second kappa shape index (κ2) is 6.98. The lowest BCUT2D eigenvalue weighted by Crippen LogP contribution is -2.48. The van der Waals surface area contributed by atoms with Crippen molar-refractivity contribution >= 4 is 27.3 Å². The number of carbonyl (C=O) groups excluding carboxylic acids is 1. The van der Waals surface area contributed by atoms with Crippen molar-refractivity contribution in [2.24, 2.45) is 0 Å². The molecule has 0 radical (unpaired) electrons. The van der Waals surface area contributed by atoms with Gasteiger partial charge in [-0.25, -0.2) is 12.8 Å². The summed E-state index contributed by atoms with van der Waals surface area (Å²) in [5.41, 5.74) is -0.0492. The van der Waals surface area contributed by atoms with Crippen LogP contribution in [0.5, 0.6) is 0 Å². The van der Waals surface area contributed by atoms with Crippen molar-refractivity contribution in [3.05, 3.63) is 34.6 Å². The lowest BCUT2D eigenvalue weighted by atomic mass is 10.0. The number of hydrogen-bond acceptors (Lipinski definition) is 4. The first-order valence-corrected chi connectivity index (χ1v) is 10.2. The molecule has 132 valence electrons. The molecular weight excluding hydrogens is 355 g/mol. The summed E-state index contributed by atoms with van der Waals surface area (Å²) in [6.07, 6.45) is 2.14. The van der Waals surface area contributed by atoms with Crippen LogP contribution >= 0.6 is 11.6 Å². The van der Waals surface area contributed by atoms with Gasteiger partial charge in [0.15, 0.2) is 9.84 Å². The predicted molar refractivity (Wildman–Crippen MR) is 90.5 cm³/mol. The number of rotatable bonds is 3. The molecule has 1 aromatic carbocycles. The van der Waals surface area contributed by atoms with Crippen molar-refractivity contribution in [3.8, 4) is 0 Å². The van der Waals surface area contributed by atoms with Crippen LogP contribution in [-0.4, -0.2) is 55.9 Å². The molecular formula is C16H20ClFN2O3S. The summed E-state index contributed by atoms with van der Waals surface area (Å²) in [6, 6.07) is 3.97. The van der Waals surface area contributed by atoms with E-state index in [9.17, 15) is 17.6 Å². The number of likely N-dealkylation sites (tertiary alicyclic amines) is 1. The van der Waals surface area contributed by atoms with Crippen LogP contribution in [0.3, 0.4) is 0 Å². The number of nitrogens with one attached hydrogen (secondary N) is 1. The Kier molecular flexibility index (Phi) is 5.13. The number of benzene rings is 1. The van der Waals surface area contributed by atoms with Crippen LogP contribution < -0.4 is 5.32 Å². The smallest absolute Gasteiger partial charge is 0.254 e. The largest absolute Gasteiger partial charge is 0.349 e. The van der Waals surface area contributed by atoms with Gasteiger partial charge in [-0.2, -0.15) is 0 Å². The minimum atomic E-state index is -2.89. The van der Waals surface area contributed by atoms with Crippen LogP contribution in [0.2, 0.25) is 5.02 Å². The van der Waals surface area contributed by atoms with Gasteiger partial charge in [0, 0.05) is 30.2 Å². The van der Waals surface area contributed by atoms with Crippen molar-refractivity contribution in [3.63, 3.8) is 0 Å². The van der Waals surface area contributed by atoms with Crippen molar-refractivity contribution < 1.29 is 17.6 Å². The summed E-state index contributed by atoms with van der Waals surface area (Å²) < 4.78 is 36.9. The number of amides is 1. The Balaban J connectivity index is 1.54. The molecule has 1 N–H and O–H groups in total. The molecule has 0 aromatic heterocycles. The summed E-state index contributed by atoms with van der Waals surface area (Å²) in [7, 11) is -2.89. The normalized spacial score (nSPS) is 24.8. The second-order valence-corrected chi connectivity index (χ2v) is 9.13. The van der Waals surface area contributed by atoms with Gasteiger partial charge in [0.2, 0.25) is 0 Å². The number of piperidine rings is 1. The molecule has 0 aliphatic carbocycles. The molecule has 2 aliphatic heterocycles. The van der Waals surface area contributed by atoms with Crippen LogP contribution in [0.1, 0.15) is 29.6 Å². The van der Waals surface area contributed by atoms with Crippen molar-refractivity contribution in [1.29, 1.82) is 0 Å². The quantitative estimate of drug-likeness (QED) is 0.877. The van der Waals surface area contributed by atoms with E-state index in [0.717, 1.165) is 25.9 Å². The van der Waals surface area contributed by atoms with Crippen LogP contribution in [0, 0.1) is 5.82 Å². The van der Waals surface area contributed by atoms with Gasteiger partial charge in [0.1, 0.15) is 5.82 Å². The first kappa shape index (κ1) is 17.6. The molecule has 1 amide bonds. The fraction of sp³-hybridized carbons (Fsp3) is 0.562. The first-order chi connectivity index (χ1) is 11.3. The van der Waals surface area contributed by atoms with Gasteiger partial charge < -0.3 is 5.32 Å². The molecule has 1 unspecified atom stereocenters. The topological polar surface area (TPSA) is 66.5 Å². The Bertz CT molecular complexity index is 733. The highest BCUT2D eigenvalue weighted by molar-refractivity contribution is 7.91. The van der Waals surface area contributed by atoms with Crippen molar-refractivity contribution in [1.82, 2.24) is 10.2 Å². The number of halogens is 2. The van der Waals surface area contributed by atoms with Gasteiger partial charge in [-0.1, -0.05) is 11.6 Å². The molecule has 2 heterocycles. The Morgan fingerprint density at radius 3 is 2.58 bits per heavy atom. The Morgan fingerprint density at radius 1 is 1.25 bits per heavy atom. The van der Waals surface area contributed by atoms with Crippen LogP contribution in [0.15, 0.2) is 18.2 Å². The Morgan fingerprint density at radius 2 is 1.96 bits per heavy atom. The number of nitrogens with zero attached hydrogens (tertiary/aromatic N) is 1. The third-order valence-corrected chi connectivity index (χ3v) is 6.75. The molecule has 0 bridgehead atoms. The lowest BCUT2D eigenvalue weighted by molar-refractivity contribution is 0.0894. The van der Waals surface area contributed by atoms with Gasteiger partial charge in [-0.3, -0.25) is 9.69 Å². The first-order valence-electron chi connectivity index (χ1n) is 8.04. The standard InChI is InChI=1S/C16H20ClFN2O3S/c17-11-1-2-15(18)14(9-11)16(21)19-12-3-6-20(7-4-12)13-5-8-24(22,23)10-13/h1-2,9,12-13H,3-8,10H2,(H,19,21). The molecule has 3 rings (SSSR count). The molecule has 8 heteroatoms. The maximum Gasteiger partial charge on any atom is 0.254 e. The number of carbonyl (C=O) groups is 1. The summed E-state index contributed by atoms with van der Waals surface area (Å²) >= 11 is 5.82. The zero-order chi connectivity index (χ0) is 17.3. The maximum absolute atomic E-state index is 13.7. The van der Waals surface area contributed by atoms with E-state index in [4.69, 9.17) is 11.6 Å². The monoisotopic (exact) mass is 374 g/mol. The zero-order valence-electron chi connectivity index (χ0n) is 13.2. The zero-order valence-corrected chi connectivity index (χ0v) is 14.7. The molecule has 0 spiro atoms. The fourth-order valence-corrected chi connectivity index (χ4v) is 5.34. The maximum atomic E-state index is 13.7. The van der Waals surface area contributed by atoms with Crippen LogP contribution in [0.25, 0.3) is 0 Å². The highest BCUT2D eigenvalue weighted by Gasteiger charge is 2.34. The summed E-state index contributed by atoms with van der Waals surface area (Å²) in [5, 5.41) is 3.17. The second-order valence-electron chi connectivity index (χ2n) is 6.46. The Hall–Kier alpha value is -1.18. The summed E-state index contributed by atoms with van der Waals surface area (Å²) in [6.45, 7) is 1.48. The number of hydrogen-bond donors (Lipinski definition) is 1. The fourth-order valence-electron chi connectivity index (χ4n) is 3.41. The van der Waals surface area contributed by atoms with E-state index >= 15 is 0 Å². The van der Waals surface area contributed by atoms with E-state index < -0.39 is 21.6 Å². The third-order valence-electron chi connectivity index (χ3n) is 4.76. The highest BCUT2D eigenvalue weighted by Crippen LogP contribution is 2.22. The average molecular weight is 375 g/mol. The average Bonchev–Trinajstić information content (AvgIpc) is 2.90. The van der Waals surface area contributed by atoms with E-state index in [-0.39, 0.29) is 29.2 Å². The van der Waals surface area contributed by atoms with Crippen molar-refractivity contribution in [2.45, 2.75) is 31.3 Å². The van der Waals surface area contributed by atoms with E-state index in [1.54, 1.807) is 0 Å². The molecule has 24 heavy (non-hydrogen) atoms. The SMILES string of the molecule is O=C(NC1CCN(C2CCS(=O)(=O)C2)CC1)c1cc(Cl)ccc1F. The summed E-state index contributed by atoms with van der Waals surface area (Å²) in [4.78, 5) is 14.4. The van der Waals surface area contributed by atoms with Gasteiger partial charge in [-0.05, 0) is 37.5 Å². The lowest BCUT2D eigenvalue weighted by Gasteiger charge is -2.35. The van der Waals surface area contributed by atoms with Gasteiger partial charge >= 0.3 is 0 Å². The minimum absolute atomic E-state index is 0.0369. The molecule has 1 aromatic rings. The van der Waals surface area contributed by atoms with E-state index in [1.165, 1.54) is 18.2 Å². The molecule has 5 nitrogen and oxygen atoms in total. The molecule has 2 aliphatic rings. The molecule has 2 saturated heterocycles. The molecule has 0 saturated carbocycles. The van der Waals surface area contributed by atoms with Crippen LogP contribution in [-0.2, 0) is 9.84 Å². The highest BCUT2D eigenvalue weighted by atomic mass is 35.5. The van der Waals surface area contributed by atoms with Crippen LogP contribution in [0.4, 0.5) is 4.39 Å². The predicted octanol–water partition coefficient (Wildman–Crippen LogP) is 1.86. The molecule has 2 fully saturated rings. The van der Waals surface area contributed by atoms with E-state index in [2.05, 4.69) is 10.2 Å². The summed E-state index contributed by atoms with van der Waals surface area (Å²) in [5.74, 6) is -0.553. The van der Waals surface area contributed by atoms with Crippen molar-refractivity contribution in [2.75, 3.05) is 24.6 Å².